The molecular formula is C15H26O. The van der Waals surface area contributed by atoms with E-state index in [9.17, 15) is 4.79 Å². The molecule has 2 aliphatic carbocycles. The molecule has 0 aromatic rings. The first-order valence-electron chi connectivity index (χ1n) is 7.34. The van der Waals surface area contributed by atoms with E-state index in [1.54, 1.807) is 0 Å². The van der Waals surface area contributed by atoms with Crippen LogP contribution in [0.5, 0.6) is 0 Å². The standard InChI is InChI=1S/C15H26O/c1-12-13-10-8-6-4-2-3-5-7-9-11-14(13)15(12)16/h12-14H,2-11H2,1H3. The third kappa shape index (κ3) is 2.67. The van der Waals surface area contributed by atoms with E-state index >= 15 is 0 Å². The van der Waals surface area contributed by atoms with Gasteiger partial charge >= 0.3 is 0 Å². The van der Waals surface area contributed by atoms with E-state index in [1.165, 1.54) is 64.2 Å². The quantitative estimate of drug-likeness (QED) is 0.595. The van der Waals surface area contributed by atoms with Gasteiger partial charge < -0.3 is 0 Å². The van der Waals surface area contributed by atoms with Crippen LogP contribution in [0.3, 0.4) is 0 Å². The van der Waals surface area contributed by atoms with Crippen LogP contribution >= 0.6 is 0 Å². The van der Waals surface area contributed by atoms with Gasteiger partial charge in [0.1, 0.15) is 5.78 Å². The third-order valence-electron chi connectivity index (χ3n) is 4.78. The van der Waals surface area contributed by atoms with Gasteiger partial charge in [0.25, 0.3) is 0 Å². The molecule has 16 heavy (non-hydrogen) atoms. The summed E-state index contributed by atoms with van der Waals surface area (Å²) >= 11 is 0. The van der Waals surface area contributed by atoms with Crippen molar-refractivity contribution >= 4 is 5.78 Å². The lowest BCUT2D eigenvalue weighted by Crippen LogP contribution is -2.45. The summed E-state index contributed by atoms with van der Waals surface area (Å²) in [5.74, 6) is 2.15. The van der Waals surface area contributed by atoms with Crippen molar-refractivity contribution in [1.29, 1.82) is 0 Å². The maximum Gasteiger partial charge on any atom is 0.139 e. The average molecular weight is 222 g/mol. The van der Waals surface area contributed by atoms with Gasteiger partial charge in [-0.25, -0.2) is 0 Å². The molecule has 2 saturated carbocycles. The number of fused-ring (bicyclic) bond motifs is 1. The fraction of sp³-hybridized carbons (Fsp3) is 0.933. The molecule has 3 unspecified atom stereocenters. The Morgan fingerprint density at radius 3 is 1.94 bits per heavy atom. The second-order valence-corrected chi connectivity index (χ2v) is 5.87. The minimum Gasteiger partial charge on any atom is -0.299 e. The lowest BCUT2D eigenvalue weighted by atomic mass is 9.61. The van der Waals surface area contributed by atoms with Crippen LogP contribution in [0.15, 0.2) is 0 Å². The van der Waals surface area contributed by atoms with Crippen molar-refractivity contribution in [3.8, 4) is 0 Å². The predicted molar refractivity (Wildman–Crippen MR) is 67.3 cm³/mol. The molecule has 0 N–H and O–H groups in total. The summed E-state index contributed by atoms with van der Waals surface area (Å²) in [4.78, 5) is 11.8. The molecule has 0 bridgehead atoms. The van der Waals surface area contributed by atoms with Crippen molar-refractivity contribution in [2.75, 3.05) is 0 Å². The maximum atomic E-state index is 11.8. The van der Waals surface area contributed by atoms with Crippen molar-refractivity contribution in [2.45, 2.75) is 71.1 Å². The normalized spacial score (nSPS) is 37.8. The van der Waals surface area contributed by atoms with Gasteiger partial charge in [0, 0.05) is 11.8 Å². The zero-order chi connectivity index (χ0) is 11.4. The van der Waals surface area contributed by atoms with E-state index in [0.717, 1.165) is 5.92 Å². The zero-order valence-electron chi connectivity index (χ0n) is 10.7. The van der Waals surface area contributed by atoms with Gasteiger partial charge in [0.2, 0.25) is 0 Å². The molecule has 92 valence electrons. The number of Topliss-reactive ketones (excluding diaryl/α,β-unsaturated/α-hetero) is 1. The highest BCUT2D eigenvalue weighted by molar-refractivity contribution is 5.89. The van der Waals surface area contributed by atoms with Crippen molar-refractivity contribution in [3.05, 3.63) is 0 Å². The first-order valence-corrected chi connectivity index (χ1v) is 7.34. The lowest BCUT2D eigenvalue weighted by molar-refractivity contribution is -0.142. The van der Waals surface area contributed by atoms with E-state index in [1.807, 2.05) is 0 Å². The molecule has 0 aromatic carbocycles. The molecule has 0 saturated heterocycles. The van der Waals surface area contributed by atoms with Crippen LogP contribution in [-0.2, 0) is 4.79 Å². The Balaban J connectivity index is 1.84. The minimum atomic E-state index is 0.382. The summed E-state index contributed by atoms with van der Waals surface area (Å²) in [6, 6.07) is 0. The third-order valence-corrected chi connectivity index (χ3v) is 4.78. The Labute approximate surface area is 100.0 Å². The van der Waals surface area contributed by atoms with Crippen LogP contribution < -0.4 is 0 Å². The number of rotatable bonds is 0. The fourth-order valence-corrected chi connectivity index (χ4v) is 3.60. The number of ketones is 1. The van der Waals surface area contributed by atoms with Gasteiger partial charge in [-0.15, -0.1) is 0 Å². The van der Waals surface area contributed by atoms with Crippen LogP contribution in [0.4, 0.5) is 0 Å². The largest absolute Gasteiger partial charge is 0.299 e. The fourth-order valence-electron chi connectivity index (χ4n) is 3.60. The summed E-state index contributed by atoms with van der Waals surface area (Å²) in [7, 11) is 0. The molecule has 0 spiro atoms. The van der Waals surface area contributed by atoms with Gasteiger partial charge in [-0.2, -0.15) is 0 Å². The Kier molecular flexibility index (Phi) is 4.43. The van der Waals surface area contributed by atoms with Gasteiger partial charge in [-0.3, -0.25) is 4.79 Å². The molecule has 1 heteroatoms. The summed E-state index contributed by atoms with van der Waals surface area (Å²) in [6.45, 7) is 2.15. The topological polar surface area (TPSA) is 17.1 Å². The lowest BCUT2D eigenvalue weighted by Gasteiger charge is -2.42. The van der Waals surface area contributed by atoms with Crippen molar-refractivity contribution in [1.82, 2.24) is 0 Å². The molecule has 0 radical (unpaired) electrons. The molecule has 2 fully saturated rings. The van der Waals surface area contributed by atoms with E-state index in [0.29, 0.717) is 17.6 Å². The van der Waals surface area contributed by atoms with Crippen LogP contribution in [0.1, 0.15) is 71.1 Å². The highest BCUT2D eigenvalue weighted by Gasteiger charge is 2.45. The Hall–Kier alpha value is -0.330. The van der Waals surface area contributed by atoms with Crippen LogP contribution in [-0.4, -0.2) is 5.78 Å². The first-order chi connectivity index (χ1) is 7.80. The minimum absolute atomic E-state index is 0.382. The smallest absolute Gasteiger partial charge is 0.139 e. The van der Waals surface area contributed by atoms with E-state index in [-0.39, 0.29) is 0 Å². The Bertz CT molecular complexity index is 234. The van der Waals surface area contributed by atoms with Crippen LogP contribution in [0.2, 0.25) is 0 Å². The molecule has 2 rings (SSSR count). The van der Waals surface area contributed by atoms with E-state index in [4.69, 9.17) is 0 Å². The van der Waals surface area contributed by atoms with Gasteiger partial charge in [0.05, 0.1) is 0 Å². The molecule has 0 aromatic heterocycles. The van der Waals surface area contributed by atoms with Crippen molar-refractivity contribution in [3.63, 3.8) is 0 Å². The monoisotopic (exact) mass is 222 g/mol. The number of carbonyl (C=O) groups is 1. The van der Waals surface area contributed by atoms with Crippen LogP contribution in [0.25, 0.3) is 0 Å². The summed E-state index contributed by atoms with van der Waals surface area (Å²) in [5, 5.41) is 0. The van der Waals surface area contributed by atoms with Crippen LogP contribution in [0, 0.1) is 17.8 Å². The molecule has 2 aliphatic rings. The Morgan fingerprint density at radius 2 is 1.31 bits per heavy atom. The Morgan fingerprint density at radius 1 is 0.812 bits per heavy atom. The van der Waals surface area contributed by atoms with Gasteiger partial charge in [0.15, 0.2) is 0 Å². The first kappa shape index (κ1) is 12.1. The summed E-state index contributed by atoms with van der Waals surface area (Å²) < 4.78 is 0. The molecule has 0 heterocycles. The van der Waals surface area contributed by atoms with E-state index < -0.39 is 0 Å². The molecule has 0 amide bonds. The second kappa shape index (κ2) is 5.84. The van der Waals surface area contributed by atoms with E-state index in [2.05, 4.69) is 6.92 Å². The van der Waals surface area contributed by atoms with Crippen molar-refractivity contribution < 1.29 is 4.79 Å². The summed E-state index contributed by atoms with van der Waals surface area (Å²) in [6.07, 6.45) is 13.6. The molecular weight excluding hydrogens is 196 g/mol. The number of hydrogen-bond acceptors (Lipinski definition) is 1. The van der Waals surface area contributed by atoms with Gasteiger partial charge in [-0.1, -0.05) is 58.3 Å². The zero-order valence-corrected chi connectivity index (χ0v) is 10.7. The highest BCUT2D eigenvalue weighted by Crippen LogP contribution is 2.43. The average Bonchev–Trinajstić information content (AvgIpc) is 2.29. The maximum absolute atomic E-state index is 11.8. The van der Waals surface area contributed by atoms with Crippen molar-refractivity contribution in [2.24, 2.45) is 17.8 Å². The molecule has 0 aliphatic heterocycles. The second-order valence-electron chi connectivity index (χ2n) is 5.87. The summed E-state index contributed by atoms with van der Waals surface area (Å²) in [5.41, 5.74) is 0. The predicted octanol–water partition coefficient (Wildman–Crippen LogP) is 4.35. The number of hydrogen-bond donors (Lipinski definition) is 0. The molecule has 1 nitrogen and oxygen atoms in total. The highest BCUT2D eigenvalue weighted by atomic mass is 16.1. The molecule has 3 atom stereocenters. The number of carbonyl (C=O) groups excluding carboxylic acids is 1. The SMILES string of the molecule is CC1C(=O)C2CCCCCCCCCCC12. The van der Waals surface area contributed by atoms with Gasteiger partial charge in [-0.05, 0) is 18.8 Å².